The molecule has 9 heteroatoms. The van der Waals surface area contributed by atoms with E-state index in [-0.39, 0.29) is 13.1 Å². The van der Waals surface area contributed by atoms with Gasteiger partial charge in [0.05, 0.1) is 0 Å². The minimum atomic E-state index is -4.55. The summed E-state index contributed by atoms with van der Waals surface area (Å²) in [6.07, 6.45) is -4.18. The van der Waals surface area contributed by atoms with Crippen LogP contribution in [0.15, 0.2) is 0 Å². The first kappa shape index (κ1) is 13.6. The fourth-order valence-electron chi connectivity index (χ4n) is 0.536. The molecule has 0 atom stereocenters. The van der Waals surface area contributed by atoms with Gasteiger partial charge in [0.1, 0.15) is 6.54 Å². The molecule has 0 bridgehead atoms. The molecule has 0 amide bonds. The van der Waals surface area contributed by atoms with E-state index in [9.17, 15) is 21.6 Å². The Morgan fingerprint density at radius 3 is 2.21 bits per heavy atom. The Balaban J connectivity index is 3.85. The van der Waals surface area contributed by atoms with Crippen LogP contribution in [-0.4, -0.2) is 34.2 Å². The van der Waals surface area contributed by atoms with Crippen molar-refractivity contribution in [2.45, 2.75) is 12.6 Å². The molecule has 0 fully saturated rings. The standard InChI is InChI=1S/C5H12F3N3O2S/c6-5(7,8)4-11-14(12,13)10-3-1-2-9/h10-11H,1-4,9H2. The minimum Gasteiger partial charge on any atom is -0.330 e. The number of hydrogen-bond donors (Lipinski definition) is 3. The number of nitrogens with one attached hydrogen (secondary N) is 2. The topological polar surface area (TPSA) is 84.2 Å². The summed E-state index contributed by atoms with van der Waals surface area (Å²) in [4.78, 5) is 0. The third-order valence-corrected chi connectivity index (χ3v) is 2.24. The van der Waals surface area contributed by atoms with Crippen LogP contribution in [-0.2, 0) is 10.2 Å². The van der Waals surface area contributed by atoms with Gasteiger partial charge in [0, 0.05) is 6.54 Å². The normalized spacial score (nSPS) is 13.1. The maximum absolute atomic E-state index is 11.6. The van der Waals surface area contributed by atoms with Crippen molar-refractivity contribution in [1.82, 2.24) is 9.44 Å². The predicted octanol–water partition coefficient (Wildman–Crippen LogP) is -0.679. The van der Waals surface area contributed by atoms with Gasteiger partial charge in [0.15, 0.2) is 0 Å². The molecule has 0 aromatic carbocycles. The van der Waals surface area contributed by atoms with Gasteiger partial charge >= 0.3 is 6.18 Å². The zero-order valence-electron chi connectivity index (χ0n) is 7.26. The van der Waals surface area contributed by atoms with Crippen molar-refractivity contribution in [1.29, 1.82) is 0 Å². The number of halogens is 3. The van der Waals surface area contributed by atoms with Gasteiger partial charge in [-0.3, -0.25) is 0 Å². The Labute approximate surface area is 80.0 Å². The van der Waals surface area contributed by atoms with Crippen molar-refractivity contribution in [2.24, 2.45) is 5.73 Å². The highest BCUT2D eigenvalue weighted by Crippen LogP contribution is 2.12. The Morgan fingerprint density at radius 2 is 1.79 bits per heavy atom. The zero-order chi connectivity index (χ0) is 11.2. The molecule has 5 nitrogen and oxygen atoms in total. The summed E-state index contributed by atoms with van der Waals surface area (Å²) in [5, 5.41) is 0. The third-order valence-electron chi connectivity index (χ3n) is 1.14. The SMILES string of the molecule is NCCCNS(=O)(=O)NCC(F)(F)F. The number of rotatable bonds is 6. The molecule has 0 aromatic rings. The molecule has 0 heterocycles. The van der Waals surface area contributed by atoms with Gasteiger partial charge in [-0.1, -0.05) is 0 Å². The lowest BCUT2D eigenvalue weighted by molar-refractivity contribution is -0.121. The molecule has 0 saturated heterocycles. The first-order valence-corrected chi connectivity index (χ1v) is 5.26. The number of hydrogen-bond acceptors (Lipinski definition) is 3. The van der Waals surface area contributed by atoms with E-state index >= 15 is 0 Å². The number of nitrogens with two attached hydrogens (primary N) is 1. The second kappa shape index (κ2) is 5.49. The molecule has 0 aromatic heterocycles. The van der Waals surface area contributed by atoms with Crippen LogP contribution < -0.4 is 15.2 Å². The Morgan fingerprint density at radius 1 is 1.21 bits per heavy atom. The zero-order valence-corrected chi connectivity index (χ0v) is 8.08. The minimum absolute atomic E-state index is 0.0176. The van der Waals surface area contributed by atoms with E-state index in [1.807, 2.05) is 4.72 Å². The van der Waals surface area contributed by atoms with Gasteiger partial charge in [-0.2, -0.15) is 26.3 Å². The van der Waals surface area contributed by atoms with Crippen LogP contribution in [0.4, 0.5) is 13.2 Å². The van der Waals surface area contributed by atoms with Crippen molar-refractivity contribution in [3.05, 3.63) is 0 Å². The molecule has 0 aliphatic rings. The van der Waals surface area contributed by atoms with E-state index in [0.717, 1.165) is 0 Å². The fraction of sp³-hybridized carbons (Fsp3) is 1.00. The third kappa shape index (κ3) is 8.23. The Hall–Kier alpha value is -0.380. The van der Waals surface area contributed by atoms with E-state index in [0.29, 0.717) is 6.42 Å². The van der Waals surface area contributed by atoms with Crippen LogP contribution in [0.25, 0.3) is 0 Å². The van der Waals surface area contributed by atoms with Crippen molar-refractivity contribution >= 4 is 10.2 Å². The lowest BCUT2D eigenvalue weighted by atomic mass is 10.4. The molecule has 4 N–H and O–H groups in total. The summed E-state index contributed by atoms with van der Waals surface area (Å²) in [5.41, 5.74) is 5.07. The largest absolute Gasteiger partial charge is 0.402 e. The monoisotopic (exact) mass is 235 g/mol. The molecule has 0 unspecified atom stereocenters. The van der Waals surface area contributed by atoms with Gasteiger partial charge in [0.2, 0.25) is 0 Å². The molecular formula is C5H12F3N3O2S. The first-order chi connectivity index (χ1) is 6.27. The van der Waals surface area contributed by atoms with Gasteiger partial charge in [-0.25, -0.2) is 4.72 Å². The Kier molecular flexibility index (Phi) is 5.34. The average Bonchev–Trinajstić information content (AvgIpc) is 2.00. The molecular weight excluding hydrogens is 223 g/mol. The summed E-state index contributed by atoms with van der Waals surface area (Å²) < 4.78 is 59.6. The van der Waals surface area contributed by atoms with Crippen LogP contribution in [0.1, 0.15) is 6.42 Å². The molecule has 0 radical (unpaired) electrons. The van der Waals surface area contributed by atoms with Gasteiger partial charge in [0.25, 0.3) is 10.2 Å². The van der Waals surface area contributed by atoms with Crippen molar-refractivity contribution < 1.29 is 21.6 Å². The number of alkyl halides is 3. The van der Waals surface area contributed by atoms with E-state index in [2.05, 4.69) is 0 Å². The smallest absolute Gasteiger partial charge is 0.330 e. The van der Waals surface area contributed by atoms with Crippen LogP contribution in [0.2, 0.25) is 0 Å². The summed E-state index contributed by atoms with van der Waals surface area (Å²) in [6.45, 7) is -1.30. The summed E-state index contributed by atoms with van der Waals surface area (Å²) in [7, 11) is -4.06. The highest BCUT2D eigenvalue weighted by molar-refractivity contribution is 7.87. The van der Waals surface area contributed by atoms with Crippen LogP contribution in [0.5, 0.6) is 0 Å². The highest BCUT2D eigenvalue weighted by Gasteiger charge is 2.29. The molecule has 0 aliphatic heterocycles. The van der Waals surface area contributed by atoms with Crippen molar-refractivity contribution in [2.75, 3.05) is 19.6 Å². The molecule has 0 spiro atoms. The highest BCUT2D eigenvalue weighted by atomic mass is 32.2. The second-order valence-electron chi connectivity index (χ2n) is 2.48. The maximum Gasteiger partial charge on any atom is 0.402 e. The summed E-state index contributed by atoms with van der Waals surface area (Å²) in [6, 6.07) is 0. The molecule has 14 heavy (non-hydrogen) atoms. The predicted molar refractivity (Wildman–Crippen MR) is 44.7 cm³/mol. The van der Waals surface area contributed by atoms with E-state index < -0.39 is 22.9 Å². The second-order valence-corrected chi connectivity index (χ2v) is 4.06. The molecule has 0 saturated carbocycles. The first-order valence-electron chi connectivity index (χ1n) is 3.78. The van der Waals surface area contributed by atoms with Crippen molar-refractivity contribution in [3.63, 3.8) is 0 Å². The molecule has 0 rings (SSSR count). The summed E-state index contributed by atoms with van der Waals surface area (Å²) >= 11 is 0. The Bertz CT molecular complexity index is 251. The average molecular weight is 235 g/mol. The van der Waals surface area contributed by atoms with Gasteiger partial charge < -0.3 is 5.73 Å². The fourth-order valence-corrected chi connectivity index (χ4v) is 1.41. The molecule has 86 valence electrons. The van der Waals surface area contributed by atoms with E-state index in [1.165, 1.54) is 4.72 Å². The van der Waals surface area contributed by atoms with E-state index in [4.69, 9.17) is 5.73 Å². The lowest BCUT2D eigenvalue weighted by Gasteiger charge is -2.09. The van der Waals surface area contributed by atoms with E-state index in [1.54, 1.807) is 0 Å². The van der Waals surface area contributed by atoms with Crippen molar-refractivity contribution in [3.8, 4) is 0 Å². The maximum atomic E-state index is 11.6. The van der Waals surface area contributed by atoms with Crippen LogP contribution >= 0.6 is 0 Å². The van der Waals surface area contributed by atoms with Crippen LogP contribution in [0.3, 0.4) is 0 Å². The van der Waals surface area contributed by atoms with Crippen LogP contribution in [0, 0.1) is 0 Å². The van der Waals surface area contributed by atoms with Gasteiger partial charge in [-0.05, 0) is 13.0 Å². The van der Waals surface area contributed by atoms with Gasteiger partial charge in [-0.15, -0.1) is 0 Å². The quantitative estimate of drug-likeness (QED) is 0.533. The molecule has 0 aliphatic carbocycles. The lowest BCUT2D eigenvalue weighted by Crippen LogP contribution is -2.42. The summed E-state index contributed by atoms with van der Waals surface area (Å²) in [5.74, 6) is 0.